The van der Waals surface area contributed by atoms with Gasteiger partial charge >= 0.3 is 0 Å². The molecule has 0 amide bonds. The second-order valence-corrected chi connectivity index (χ2v) is 3.35. The fraction of sp³-hybridized carbons (Fsp3) is 1.00. The molecule has 2 heteroatoms. The van der Waals surface area contributed by atoms with Crippen LogP contribution in [0.5, 0.6) is 0 Å². The topological polar surface area (TPSA) is 35.2 Å². The summed E-state index contributed by atoms with van der Waals surface area (Å²) in [6, 6.07) is 0. The Morgan fingerprint density at radius 3 is 1.89 bits per heavy atom. The zero-order chi connectivity index (χ0) is 6.54. The Morgan fingerprint density at radius 1 is 1.22 bits per heavy atom. The first kappa shape index (κ1) is 5.69. The Labute approximate surface area is 55.4 Å². The third-order valence-corrected chi connectivity index (χ3v) is 2.79. The van der Waals surface area contributed by atoms with Crippen molar-refractivity contribution in [1.29, 1.82) is 0 Å². The van der Waals surface area contributed by atoms with Gasteiger partial charge in [0.1, 0.15) is 0 Å². The third kappa shape index (κ3) is 0.578. The maximum Gasteiger partial charge on any atom is 0.0859 e. The molecule has 0 bridgehead atoms. The summed E-state index contributed by atoms with van der Waals surface area (Å²) < 4.78 is 5.35. The third-order valence-electron chi connectivity index (χ3n) is 2.79. The van der Waals surface area contributed by atoms with Crippen molar-refractivity contribution >= 4 is 0 Å². The van der Waals surface area contributed by atoms with Gasteiger partial charge in [0, 0.05) is 12.6 Å². The van der Waals surface area contributed by atoms with E-state index in [1.807, 2.05) is 0 Å². The molecular formula is C7H13NO. The Morgan fingerprint density at radius 2 is 1.78 bits per heavy atom. The number of hydrogen-bond donors (Lipinski definition) is 1. The van der Waals surface area contributed by atoms with Crippen LogP contribution in [-0.2, 0) is 4.74 Å². The van der Waals surface area contributed by atoms with Crippen LogP contribution < -0.4 is 5.73 Å². The summed E-state index contributed by atoms with van der Waals surface area (Å²) in [6.07, 6.45) is 4.70. The van der Waals surface area contributed by atoms with Gasteiger partial charge in [0.2, 0.25) is 0 Å². The maximum atomic E-state index is 5.97. The summed E-state index contributed by atoms with van der Waals surface area (Å²) in [4.78, 5) is 0. The van der Waals surface area contributed by atoms with Crippen LogP contribution in [0, 0.1) is 0 Å². The lowest BCUT2D eigenvalue weighted by atomic mass is 10.1. The van der Waals surface area contributed by atoms with Gasteiger partial charge in [-0.1, -0.05) is 0 Å². The molecule has 0 aromatic rings. The second kappa shape index (κ2) is 1.32. The second-order valence-electron chi connectivity index (χ2n) is 3.35. The molecule has 0 aliphatic heterocycles. The molecule has 2 nitrogen and oxygen atoms in total. The molecule has 0 spiro atoms. The Bertz CT molecular complexity index is 136. The van der Waals surface area contributed by atoms with Gasteiger partial charge in [-0.25, -0.2) is 0 Å². The number of hydrogen-bond acceptors (Lipinski definition) is 2. The highest BCUT2D eigenvalue weighted by Gasteiger charge is 2.64. The molecule has 0 saturated heterocycles. The molecule has 2 fully saturated rings. The molecule has 0 atom stereocenters. The van der Waals surface area contributed by atoms with Gasteiger partial charge in [-0.15, -0.1) is 0 Å². The van der Waals surface area contributed by atoms with Crippen LogP contribution >= 0.6 is 0 Å². The highest BCUT2D eigenvalue weighted by atomic mass is 16.5. The average molecular weight is 127 g/mol. The van der Waals surface area contributed by atoms with Crippen LogP contribution in [0.4, 0.5) is 0 Å². The normalized spacial score (nSPS) is 34.0. The van der Waals surface area contributed by atoms with Crippen LogP contribution in [0.25, 0.3) is 0 Å². The van der Waals surface area contributed by atoms with E-state index in [1.165, 1.54) is 25.7 Å². The zero-order valence-corrected chi connectivity index (χ0v) is 5.81. The molecule has 2 aliphatic rings. The predicted molar refractivity (Wildman–Crippen MR) is 35.1 cm³/mol. The van der Waals surface area contributed by atoms with Crippen LogP contribution in [-0.4, -0.2) is 18.2 Å². The minimum atomic E-state index is 0.0851. The van der Waals surface area contributed by atoms with E-state index in [2.05, 4.69) is 0 Å². The van der Waals surface area contributed by atoms with Gasteiger partial charge in [-0.2, -0.15) is 0 Å². The lowest BCUT2D eigenvalue weighted by molar-refractivity contribution is 0.0489. The SMILES string of the molecule is COC1(C2(N)CC2)CC1. The van der Waals surface area contributed by atoms with Crippen LogP contribution in [0.3, 0.4) is 0 Å². The standard InChI is InChI=1S/C7H13NO/c1-9-7(4-5-7)6(8)2-3-6/h2-5,8H2,1H3. The van der Waals surface area contributed by atoms with E-state index in [-0.39, 0.29) is 11.1 Å². The van der Waals surface area contributed by atoms with Crippen molar-refractivity contribution in [2.45, 2.75) is 36.8 Å². The summed E-state index contributed by atoms with van der Waals surface area (Å²) in [5.41, 5.74) is 6.18. The van der Waals surface area contributed by atoms with E-state index in [0.29, 0.717) is 0 Å². The fourth-order valence-corrected chi connectivity index (χ4v) is 1.61. The molecule has 0 aromatic carbocycles. The van der Waals surface area contributed by atoms with Crippen LogP contribution in [0.1, 0.15) is 25.7 Å². The number of nitrogens with two attached hydrogens (primary N) is 1. The fourth-order valence-electron chi connectivity index (χ4n) is 1.61. The molecule has 0 heterocycles. The number of methoxy groups -OCH3 is 1. The first-order valence-corrected chi connectivity index (χ1v) is 3.57. The first-order valence-electron chi connectivity index (χ1n) is 3.57. The number of rotatable bonds is 2. The monoisotopic (exact) mass is 127 g/mol. The number of ether oxygens (including phenoxy) is 1. The van der Waals surface area contributed by atoms with E-state index in [0.717, 1.165) is 0 Å². The van der Waals surface area contributed by atoms with E-state index in [1.54, 1.807) is 7.11 Å². The van der Waals surface area contributed by atoms with Crippen molar-refractivity contribution in [3.63, 3.8) is 0 Å². The Kier molecular flexibility index (Phi) is 0.837. The van der Waals surface area contributed by atoms with Crippen molar-refractivity contribution in [1.82, 2.24) is 0 Å². The minimum Gasteiger partial charge on any atom is -0.376 e. The summed E-state index contributed by atoms with van der Waals surface area (Å²) in [5, 5.41) is 0. The maximum absolute atomic E-state index is 5.97. The van der Waals surface area contributed by atoms with Gasteiger partial charge in [0.25, 0.3) is 0 Å². The molecule has 2 saturated carbocycles. The first-order chi connectivity index (χ1) is 4.22. The van der Waals surface area contributed by atoms with Crippen molar-refractivity contribution in [2.24, 2.45) is 5.73 Å². The van der Waals surface area contributed by atoms with Gasteiger partial charge in [-0.3, -0.25) is 0 Å². The molecule has 0 unspecified atom stereocenters. The summed E-state index contributed by atoms with van der Waals surface area (Å²) in [6.45, 7) is 0. The van der Waals surface area contributed by atoms with Crippen LogP contribution in [0.2, 0.25) is 0 Å². The molecule has 52 valence electrons. The van der Waals surface area contributed by atoms with Crippen molar-refractivity contribution in [3.05, 3.63) is 0 Å². The van der Waals surface area contributed by atoms with Gasteiger partial charge in [-0.05, 0) is 25.7 Å². The average Bonchev–Trinajstić information content (AvgIpc) is 2.61. The smallest absolute Gasteiger partial charge is 0.0859 e. The van der Waals surface area contributed by atoms with Gasteiger partial charge in [0.15, 0.2) is 0 Å². The summed E-state index contributed by atoms with van der Waals surface area (Å²) in [7, 11) is 1.78. The highest BCUT2D eigenvalue weighted by molar-refractivity contribution is 5.21. The summed E-state index contributed by atoms with van der Waals surface area (Å²) in [5.74, 6) is 0. The molecule has 2 rings (SSSR count). The van der Waals surface area contributed by atoms with E-state index in [9.17, 15) is 0 Å². The van der Waals surface area contributed by atoms with Crippen LogP contribution in [0.15, 0.2) is 0 Å². The highest BCUT2D eigenvalue weighted by Crippen LogP contribution is 2.57. The predicted octanol–water partition coefficient (Wildman–Crippen LogP) is 0.657. The van der Waals surface area contributed by atoms with Crippen molar-refractivity contribution in [3.8, 4) is 0 Å². The van der Waals surface area contributed by atoms with Gasteiger partial charge < -0.3 is 10.5 Å². The molecule has 0 aromatic heterocycles. The van der Waals surface area contributed by atoms with E-state index < -0.39 is 0 Å². The molecular weight excluding hydrogens is 114 g/mol. The molecule has 2 aliphatic carbocycles. The lowest BCUT2D eigenvalue weighted by Gasteiger charge is -2.20. The van der Waals surface area contributed by atoms with E-state index >= 15 is 0 Å². The molecule has 2 N–H and O–H groups in total. The largest absolute Gasteiger partial charge is 0.376 e. The Balaban J connectivity index is 2.11. The van der Waals surface area contributed by atoms with Crippen molar-refractivity contribution < 1.29 is 4.74 Å². The van der Waals surface area contributed by atoms with E-state index in [4.69, 9.17) is 10.5 Å². The molecule has 0 radical (unpaired) electrons. The Hall–Kier alpha value is -0.0800. The summed E-state index contributed by atoms with van der Waals surface area (Å²) >= 11 is 0. The molecule has 9 heavy (non-hydrogen) atoms. The minimum absolute atomic E-state index is 0.0851. The zero-order valence-electron chi connectivity index (χ0n) is 5.81. The quantitative estimate of drug-likeness (QED) is 0.591. The van der Waals surface area contributed by atoms with Crippen molar-refractivity contribution in [2.75, 3.05) is 7.11 Å². The lowest BCUT2D eigenvalue weighted by Crippen LogP contribution is -2.40. The van der Waals surface area contributed by atoms with Gasteiger partial charge in [0.05, 0.1) is 5.60 Å².